The number of pyridine rings is 1. The monoisotopic (exact) mass is 355 g/mol. The summed E-state index contributed by atoms with van der Waals surface area (Å²) < 4.78 is 0. The molecule has 1 N–H and O–H groups in total. The lowest BCUT2D eigenvalue weighted by Crippen LogP contribution is -2.31. The van der Waals surface area contributed by atoms with E-state index in [1.807, 2.05) is 37.3 Å². The van der Waals surface area contributed by atoms with E-state index in [2.05, 4.69) is 46.9 Å². The molecule has 0 aromatic carbocycles. The van der Waals surface area contributed by atoms with Crippen molar-refractivity contribution < 1.29 is 4.79 Å². The molecule has 140 valence electrons. The molecule has 3 heterocycles. The predicted octanol–water partition coefficient (Wildman–Crippen LogP) is 3.14. The van der Waals surface area contributed by atoms with Gasteiger partial charge in [0.25, 0.3) is 5.91 Å². The predicted molar refractivity (Wildman–Crippen MR) is 102 cm³/mol. The average Bonchev–Trinajstić information content (AvgIpc) is 3.23. The summed E-state index contributed by atoms with van der Waals surface area (Å²) in [5.74, 6) is 0.00484. The number of nitrogens with one attached hydrogen (secondary N) is 1. The van der Waals surface area contributed by atoms with Crippen LogP contribution in [-0.4, -0.2) is 51.5 Å². The molecule has 1 saturated heterocycles. The number of likely N-dealkylation sites (tertiary alicyclic amines) is 1. The molecular weight excluding hydrogens is 326 g/mol. The molecule has 26 heavy (non-hydrogen) atoms. The molecule has 2 aromatic heterocycles. The molecule has 0 bridgehead atoms. The number of aromatic amines is 1. The zero-order chi connectivity index (χ0) is 18.9. The number of carbonyl (C=O) groups is 1. The summed E-state index contributed by atoms with van der Waals surface area (Å²) in [4.78, 5) is 21.6. The fraction of sp³-hybridized carbons (Fsp3) is 0.550. The first-order valence-corrected chi connectivity index (χ1v) is 9.22. The minimum atomic E-state index is -0.0535. The quantitative estimate of drug-likeness (QED) is 0.915. The number of amides is 1. The van der Waals surface area contributed by atoms with Crippen LogP contribution >= 0.6 is 0 Å². The Morgan fingerprint density at radius 1 is 1.35 bits per heavy atom. The second-order valence-corrected chi connectivity index (χ2v) is 8.39. The van der Waals surface area contributed by atoms with Crippen molar-refractivity contribution >= 4 is 5.91 Å². The van der Waals surface area contributed by atoms with E-state index in [0.717, 1.165) is 42.9 Å². The van der Waals surface area contributed by atoms with Crippen LogP contribution < -0.4 is 0 Å². The maximum atomic E-state index is 13.1. The molecule has 0 spiro atoms. The van der Waals surface area contributed by atoms with Crippen molar-refractivity contribution in [3.63, 3.8) is 0 Å². The van der Waals surface area contributed by atoms with Gasteiger partial charge in [-0.15, -0.1) is 0 Å². The molecule has 0 saturated carbocycles. The van der Waals surface area contributed by atoms with Crippen LogP contribution in [0.3, 0.4) is 0 Å². The fourth-order valence-corrected chi connectivity index (χ4v) is 3.43. The Bertz CT molecular complexity index is 775. The highest BCUT2D eigenvalue weighted by atomic mass is 16.2. The van der Waals surface area contributed by atoms with Crippen LogP contribution in [-0.2, 0) is 12.0 Å². The van der Waals surface area contributed by atoms with Gasteiger partial charge in [0.2, 0.25) is 0 Å². The first kappa shape index (κ1) is 18.6. The van der Waals surface area contributed by atoms with Gasteiger partial charge in [-0.25, -0.2) is 0 Å². The maximum Gasteiger partial charge on any atom is 0.274 e. The molecule has 1 aliphatic heterocycles. The van der Waals surface area contributed by atoms with Gasteiger partial charge in [0, 0.05) is 30.4 Å². The topological polar surface area (TPSA) is 65.1 Å². The third-order valence-electron chi connectivity index (χ3n) is 4.82. The lowest BCUT2D eigenvalue weighted by atomic mass is 9.92. The van der Waals surface area contributed by atoms with Gasteiger partial charge in [0.15, 0.2) is 0 Å². The van der Waals surface area contributed by atoms with Crippen molar-refractivity contribution in [3.05, 3.63) is 47.0 Å². The highest BCUT2D eigenvalue weighted by Crippen LogP contribution is 2.33. The number of H-pyrrole nitrogens is 1. The van der Waals surface area contributed by atoms with Gasteiger partial charge in [0.05, 0.1) is 11.7 Å². The van der Waals surface area contributed by atoms with Gasteiger partial charge in [-0.2, -0.15) is 5.10 Å². The SMILES string of the molecule is CN(C)Cc1cc([C@@H]2CCCN2C(=O)c2cc(C(C)(C)C)[nH]n2)ccn1. The molecule has 0 aliphatic carbocycles. The summed E-state index contributed by atoms with van der Waals surface area (Å²) in [7, 11) is 4.06. The van der Waals surface area contributed by atoms with E-state index in [9.17, 15) is 4.79 Å². The number of hydrogen-bond acceptors (Lipinski definition) is 4. The number of nitrogens with zero attached hydrogens (tertiary/aromatic N) is 4. The Morgan fingerprint density at radius 2 is 2.12 bits per heavy atom. The molecule has 3 rings (SSSR count). The standard InChI is InChI=1S/C20H29N5O/c1-20(2,3)18-12-16(22-23-18)19(26)25-10-6-7-17(25)14-8-9-21-15(11-14)13-24(4)5/h8-9,11-12,17H,6-7,10,13H2,1-5H3,(H,22,23)/t17-/m0/s1. The van der Waals surface area contributed by atoms with Gasteiger partial charge >= 0.3 is 0 Å². The Morgan fingerprint density at radius 3 is 2.77 bits per heavy atom. The molecular formula is C20H29N5O. The Kier molecular flexibility index (Phi) is 5.14. The first-order chi connectivity index (χ1) is 12.3. The minimum Gasteiger partial charge on any atom is -0.330 e. The largest absolute Gasteiger partial charge is 0.330 e. The molecule has 1 aliphatic rings. The van der Waals surface area contributed by atoms with Crippen molar-refractivity contribution in [2.75, 3.05) is 20.6 Å². The second kappa shape index (κ2) is 7.19. The lowest BCUT2D eigenvalue weighted by molar-refractivity contribution is 0.0729. The van der Waals surface area contributed by atoms with Crippen molar-refractivity contribution in [3.8, 4) is 0 Å². The van der Waals surface area contributed by atoms with Gasteiger partial charge in [-0.05, 0) is 50.7 Å². The first-order valence-electron chi connectivity index (χ1n) is 9.22. The highest BCUT2D eigenvalue weighted by molar-refractivity contribution is 5.93. The molecule has 0 radical (unpaired) electrons. The summed E-state index contributed by atoms with van der Waals surface area (Å²) in [5, 5.41) is 7.30. The van der Waals surface area contributed by atoms with Crippen LogP contribution in [0.25, 0.3) is 0 Å². The molecule has 1 fully saturated rings. The minimum absolute atomic E-state index is 0.00484. The fourth-order valence-electron chi connectivity index (χ4n) is 3.43. The number of rotatable bonds is 4. The third kappa shape index (κ3) is 3.96. The van der Waals surface area contributed by atoms with E-state index >= 15 is 0 Å². The second-order valence-electron chi connectivity index (χ2n) is 8.39. The number of aromatic nitrogens is 3. The highest BCUT2D eigenvalue weighted by Gasteiger charge is 2.32. The third-order valence-corrected chi connectivity index (χ3v) is 4.82. The van der Waals surface area contributed by atoms with E-state index in [0.29, 0.717) is 5.69 Å². The zero-order valence-electron chi connectivity index (χ0n) is 16.4. The van der Waals surface area contributed by atoms with Crippen LogP contribution in [0.1, 0.15) is 67.1 Å². The Hall–Kier alpha value is -2.21. The van der Waals surface area contributed by atoms with Crippen LogP contribution in [0, 0.1) is 0 Å². The summed E-state index contributed by atoms with van der Waals surface area (Å²) in [5.41, 5.74) is 3.62. The van der Waals surface area contributed by atoms with E-state index in [-0.39, 0.29) is 17.4 Å². The molecule has 6 nitrogen and oxygen atoms in total. The number of carbonyl (C=O) groups excluding carboxylic acids is 1. The molecule has 1 atom stereocenters. The molecule has 0 unspecified atom stereocenters. The van der Waals surface area contributed by atoms with Crippen molar-refractivity contribution in [1.82, 2.24) is 25.0 Å². The van der Waals surface area contributed by atoms with Crippen LogP contribution in [0.2, 0.25) is 0 Å². The van der Waals surface area contributed by atoms with Gasteiger partial charge in [-0.1, -0.05) is 20.8 Å². The van der Waals surface area contributed by atoms with Crippen LogP contribution in [0.5, 0.6) is 0 Å². The Balaban J connectivity index is 1.82. The van der Waals surface area contributed by atoms with Crippen molar-refractivity contribution in [2.24, 2.45) is 0 Å². The summed E-state index contributed by atoms with van der Waals surface area (Å²) >= 11 is 0. The van der Waals surface area contributed by atoms with E-state index in [1.165, 1.54) is 0 Å². The summed E-state index contributed by atoms with van der Waals surface area (Å²) in [6.45, 7) is 7.89. The maximum absolute atomic E-state index is 13.1. The van der Waals surface area contributed by atoms with Crippen LogP contribution in [0.15, 0.2) is 24.4 Å². The molecule has 6 heteroatoms. The zero-order valence-corrected chi connectivity index (χ0v) is 16.4. The van der Waals surface area contributed by atoms with E-state index < -0.39 is 0 Å². The Labute approximate surface area is 155 Å². The lowest BCUT2D eigenvalue weighted by Gasteiger charge is -2.25. The van der Waals surface area contributed by atoms with Gasteiger partial charge in [0.1, 0.15) is 5.69 Å². The van der Waals surface area contributed by atoms with Crippen LogP contribution in [0.4, 0.5) is 0 Å². The smallest absolute Gasteiger partial charge is 0.274 e. The normalized spacial score (nSPS) is 17.9. The van der Waals surface area contributed by atoms with E-state index in [4.69, 9.17) is 0 Å². The molecule has 2 aromatic rings. The number of hydrogen-bond donors (Lipinski definition) is 1. The van der Waals surface area contributed by atoms with E-state index in [1.54, 1.807) is 0 Å². The van der Waals surface area contributed by atoms with Crippen molar-refractivity contribution in [2.45, 2.75) is 51.6 Å². The van der Waals surface area contributed by atoms with Gasteiger partial charge in [-0.3, -0.25) is 14.9 Å². The van der Waals surface area contributed by atoms with Crippen molar-refractivity contribution in [1.29, 1.82) is 0 Å². The van der Waals surface area contributed by atoms with Gasteiger partial charge < -0.3 is 9.80 Å². The summed E-state index contributed by atoms with van der Waals surface area (Å²) in [6, 6.07) is 6.14. The molecule has 1 amide bonds. The average molecular weight is 355 g/mol. The summed E-state index contributed by atoms with van der Waals surface area (Å²) in [6.07, 6.45) is 3.84.